The van der Waals surface area contributed by atoms with E-state index in [0.717, 1.165) is 42.9 Å². The topological polar surface area (TPSA) is 122 Å². The summed E-state index contributed by atoms with van der Waals surface area (Å²) in [5.74, 6) is 0.135. The maximum absolute atomic E-state index is 13.5. The largest absolute Gasteiger partial charge is 0.433 e. The van der Waals surface area contributed by atoms with Crippen molar-refractivity contribution in [1.82, 2.24) is 4.98 Å². The number of benzene rings is 2. The predicted molar refractivity (Wildman–Crippen MR) is 157 cm³/mol. The van der Waals surface area contributed by atoms with Crippen LogP contribution in [0.2, 0.25) is 0 Å². The Morgan fingerprint density at radius 2 is 1.58 bits per heavy atom. The zero-order valence-corrected chi connectivity index (χ0v) is 23.6. The van der Waals surface area contributed by atoms with Crippen molar-refractivity contribution in [2.75, 3.05) is 18.5 Å². The van der Waals surface area contributed by atoms with Gasteiger partial charge in [-0.2, -0.15) is 18.3 Å². The van der Waals surface area contributed by atoms with Crippen LogP contribution in [-0.2, 0) is 22.2 Å². The van der Waals surface area contributed by atoms with Crippen molar-refractivity contribution >= 4 is 23.2 Å². The Morgan fingerprint density at radius 1 is 0.907 bits per heavy atom. The molecule has 11 heteroatoms. The zero-order chi connectivity index (χ0) is 30.4. The number of alkyl halides is 3. The van der Waals surface area contributed by atoms with Crippen LogP contribution in [0.4, 0.5) is 18.9 Å². The van der Waals surface area contributed by atoms with Crippen molar-refractivity contribution in [1.29, 1.82) is 0 Å². The van der Waals surface area contributed by atoms with E-state index in [-0.39, 0.29) is 24.0 Å². The van der Waals surface area contributed by atoms with E-state index in [0.29, 0.717) is 48.2 Å². The number of pyridine rings is 1. The van der Waals surface area contributed by atoms with Gasteiger partial charge in [-0.15, -0.1) is 5.11 Å². The van der Waals surface area contributed by atoms with E-state index in [1.54, 1.807) is 24.3 Å². The lowest BCUT2D eigenvalue weighted by Crippen LogP contribution is -2.31. The van der Waals surface area contributed by atoms with Crippen molar-refractivity contribution in [2.45, 2.75) is 44.7 Å². The van der Waals surface area contributed by atoms with Gasteiger partial charge in [0.15, 0.2) is 12.5 Å². The van der Waals surface area contributed by atoms with Crippen molar-refractivity contribution < 1.29 is 22.8 Å². The number of halogens is 3. The van der Waals surface area contributed by atoms with E-state index in [1.165, 1.54) is 12.3 Å². The number of nitrogens with one attached hydrogen (secondary N) is 1. The highest BCUT2D eigenvalue weighted by Crippen LogP contribution is 2.32. The van der Waals surface area contributed by atoms with Crippen LogP contribution in [0, 0.1) is 17.8 Å². The van der Waals surface area contributed by atoms with Crippen molar-refractivity contribution in [3.63, 3.8) is 0 Å². The average molecular weight is 591 g/mol. The Balaban J connectivity index is 1.29. The Bertz CT molecular complexity index is 1480. The highest BCUT2D eigenvalue weighted by atomic mass is 19.4. The lowest BCUT2D eigenvalue weighted by molar-refractivity contribution is -0.141. The molecule has 1 amide bonds. The number of ketones is 1. The molecule has 2 aliphatic rings. The fourth-order valence-electron chi connectivity index (χ4n) is 5.56. The number of nitrogens with two attached hydrogens (primary N) is 1. The van der Waals surface area contributed by atoms with E-state index in [1.807, 2.05) is 24.3 Å². The van der Waals surface area contributed by atoms with E-state index >= 15 is 0 Å². The zero-order valence-electron chi connectivity index (χ0n) is 23.6. The van der Waals surface area contributed by atoms with Gasteiger partial charge in [-0.25, -0.2) is 4.99 Å². The molecule has 3 N–H and O–H groups in total. The molecule has 2 aromatic carbocycles. The Kier molecular flexibility index (Phi) is 9.40. The van der Waals surface area contributed by atoms with E-state index in [9.17, 15) is 22.8 Å². The molecule has 1 saturated carbocycles. The normalized spacial score (nSPS) is 19.1. The molecule has 0 unspecified atom stereocenters. The maximum Gasteiger partial charge on any atom is 0.433 e. The summed E-state index contributed by atoms with van der Waals surface area (Å²) in [5, 5.41) is 10.8. The summed E-state index contributed by atoms with van der Waals surface area (Å²) in [6, 6.07) is 16.7. The number of hydrogen-bond acceptors (Lipinski definition) is 7. The Hall–Kier alpha value is -4.25. The number of amidine groups is 1. The summed E-state index contributed by atoms with van der Waals surface area (Å²) in [5.41, 5.74) is 8.34. The van der Waals surface area contributed by atoms with Crippen LogP contribution in [-0.4, -0.2) is 35.7 Å². The number of carbonyl (C=O) groups is 2. The first kappa shape index (κ1) is 30.2. The second-order valence-corrected chi connectivity index (χ2v) is 11.1. The Morgan fingerprint density at radius 3 is 2.16 bits per heavy atom. The first-order valence-corrected chi connectivity index (χ1v) is 14.4. The lowest BCUT2D eigenvalue weighted by Gasteiger charge is -2.27. The van der Waals surface area contributed by atoms with Crippen LogP contribution in [0.25, 0.3) is 11.1 Å². The molecule has 2 heterocycles. The molecule has 0 bridgehead atoms. The van der Waals surface area contributed by atoms with E-state index < -0.39 is 17.8 Å². The molecule has 1 aliphatic heterocycles. The number of nitrogens with zero attached hydrogens (tertiary/aromatic N) is 4. The highest BCUT2D eigenvalue weighted by Gasteiger charge is 2.32. The van der Waals surface area contributed by atoms with Crippen LogP contribution in [0.3, 0.4) is 0 Å². The minimum atomic E-state index is -4.50. The fraction of sp³-hybridized carbons (Fsp3) is 0.375. The van der Waals surface area contributed by atoms with Crippen LogP contribution in [0.15, 0.2) is 82.1 Å². The van der Waals surface area contributed by atoms with Gasteiger partial charge < -0.3 is 11.1 Å². The number of azo groups is 1. The molecule has 8 nitrogen and oxygen atoms in total. The van der Waals surface area contributed by atoms with Gasteiger partial charge in [0.2, 0.25) is 5.91 Å². The third kappa shape index (κ3) is 7.78. The molecular weight excluding hydrogens is 557 g/mol. The fourth-order valence-corrected chi connectivity index (χ4v) is 5.56. The number of hydrogen-bond donors (Lipinski definition) is 2. The molecule has 0 saturated heterocycles. The van der Waals surface area contributed by atoms with Crippen LogP contribution >= 0.6 is 0 Å². The number of anilines is 1. The molecular formula is C32H33F3N6O2. The average Bonchev–Trinajstić information content (AvgIpc) is 3.56. The third-order valence-electron chi connectivity index (χ3n) is 8.14. The van der Waals surface area contributed by atoms with Gasteiger partial charge in [-0.1, -0.05) is 30.3 Å². The maximum atomic E-state index is 13.5. The summed E-state index contributed by atoms with van der Waals surface area (Å²) in [6.45, 7) is 0.930. The smallest absolute Gasteiger partial charge is 0.330 e. The minimum Gasteiger partial charge on any atom is -0.330 e. The highest BCUT2D eigenvalue weighted by molar-refractivity contribution is 6.01. The molecule has 3 aromatic rings. The van der Waals surface area contributed by atoms with Crippen LogP contribution in [0.1, 0.15) is 48.9 Å². The summed E-state index contributed by atoms with van der Waals surface area (Å²) in [7, 11) is 0. The molecule has 0 radical (unpaired) electrons. The lowest BCUT2D eigenvalue weighted by atomic mass is 9.77. The monoisotopic (exact) mass is 590 g/mol. The predicted octanol–water partition coefficient (Wildman–Crippen LogP) is 6.46. The number of Topliss-reactive ketones (excluding diaryl/α,β-unsaturated/α-hetero) is 1. The standard InChI is InChI=1S/C32H33F3N6O2/c33-32(34,35)29-14-11-25(18-37-29)22-5-1-20(2-6-22)15-26(16-28(42)23-7-3-21(17-36)4-8-23)31(43)40-27-12-9-24(10-13-27)30-38-19-39-41-30/h1-2,5-6,9-14,18,21,23,26H,3-4,7-8,15-17,19,36H2,(H,40,43)/t21?,23?,26-/m1/s1. The van der Waals surface area contributed by atoms with Crippen LogP contribution in [0.5, 0.6) is 0 Å². The Labute approximate surface area is 247 Å². The molecule has 1 aromatic heterocycles. The molecule has 1 aliphatic carbocycles. The molecule has 1 fully saturated rings. The van der Waals surface area contributed by atoms with Gasteiger partial charge in [-0.3, -0.25) is 14.6 Å². The second kappa shape index (κ2) is 13.4. The number of amides is 1. The molecule has 5 rings (SSSR count). The van der Waals surface area contributed by atoms with Crippen molar-refractivity contribution in [3.8, 4) is 11.1 Å². The first-order valence-electron chi connectivity index (χ1n) is 14.4. The summed E-state index contributed by atoms with van der Waals surface area (Å²) >= 11 is 0. The van der Waals surface area contributed by atoms with E-state index in [4.69, 9.17) is 5.73 Å². The molecule has 0 spiro atoms. The van der Waals surface area contributed by atoms with Gasteiger partial charge in [0.1, 0.15) is 11.5 Å². The molecule has 224 valence electrons. The van der Waals surface area contributed by atoms with Crippen molar-refractivity contribution in [2.24, 2.45) is 38.7 Å². The van der Waals surface area contributed by atoms with Gasteiger partial charge in [0.25, 0.3) is 0 Å². The van der Waals surface area contributed by atoms with Crippen molar-refractivity contribution in [3.05, 3.63) is 83.7 Å². The van der Waals surface area contributed by atoms with Gasteiger partial charge in [-0.05, 0) is 86.0 Å². The van der Waals surface area contributed by atoms with E-state index in [2.05, 4.69) is 25.5 Å². The number of aromatic nitrogens is 1. The first-order chi connectivity index (χ1) is 20.7. The summed E-state index contributed by atoms with van der Waals surface area (Å²) in [6.07, 6.45) is 0.543. The quantitative estimate of drug-likeness (QED) is 0.281. The molecule has 43 heavy (non-hydrogen) atoms. The number of rotatable bonds is 10. The van der Waals surface area contributed by atoms with Crippen LogP contribution < -0.4 is 11.1 Å². The van der Waals surface area contributed by atoms with Gasteiger partial charge in [0.05, 0.1) is 0 Å². The summed E-state index contributed by atoms with van der Waals surface area (Å²) in [4.78, 5) is 34.6. The van der Waals surface area contributed by atoms with Gasteiger partial charge in [0, 0.05) is 41.3 Å². The number of aliphatic imine (C=N–C) groups is 1. The summed E-state index contributed by atoms with van der Waals surface area (Å²) < 4.78 is 38.7. The SMILES string of the molecule is NCC1CCC(C(=O)C[C@@H](Cc2ccc(-c3ccc(C(F)(F)F)nc3)cc2)C(=O)Nc2ccc(C3=NCN=N3)cc2)CC1. The second-order valence-electron chi connectivity index (χ2n) is 11.1. The molecule has 1 atom stereocenters. The third-order valence-corrected chi connectivity index (χ3v) is 8.14. The minimum absolute atomic E-state index is 0.0757. The number of carbonyl (C=O) groups excluding carboxylic acids is 2. The van der Waals surface area contributed by atoms with Gasteiger partial charge >= 0.3 is 6.18 Å².